The highest BCUT2D eigenvalue weighted by molar-refractivity contribution is 6.28. The zero-order chi connectivity index (χ0) is 13.2. The lowest BCUT2D eigenvalue weighted by atomic mass is 10.1. The van der Waals surface area contributed by atoms with Crippen molar-refractivity contribution in [2.45, 2.75) is 45.1 Å². The van der Waals surface area contributed by atoms with Crippen molar-refractivity contribution in [1.29, 1.82) is 0 Å². The molecule has 19 heavy (non-hydrogen) atoms. The van der Waals surface area contributed by atoms with Gasteiger partial charge in [-0.15, -0.1) is 0 Å². The minimum Gasteiger partial charge on any atom is -0.351 e. The van der Waals surface area contributed by atoms with Crippen LogP contribution < -0.4 is 10.2 Å². The SMILES string of the molecule is CC1CCCC1Nc1nc(Cl)nc(N2CCCC2)n1. The maximum atomic E-state index is 6.02. The second-order valence-corrected chi connectivity index (χ2v) is 5.92. The van der Waals surface area contributed by atoms with Crippen LogP contribution in [0, 0.1) is 5.92 Å². The number of nitrogens with zero attached hydrogens (tertiary/aromatic N) is 4. The van der Waals surface area contributed by atoms with Gasteiger partial charge in [-0.05, 0) is 43.2 Å². The van der Waals surface area contributed by atoms with E-state index in [1.54, 1.807) is 0 Å². The zero-order valence-electron chi connectivity index (χ0n) is 11.3. The van der Waals surface area contributed by atoms with Crippen LogP contribution in [0.2, 0.25) is 5.28 Å². The highest BCUT2D eigenvalue weighted by atomic mass is 35.5. The smallest absolute Gasteiger partial charge is 0.231 e. The zero-order valence-corrected chi connectivity index (χ0v) is 12.0. The molecule has 1 saturated heterocycles. The molecule has 0 aromatic carbocycles. The number of hydrogen-bond donors (Lipinski definition) is 1. The Labute approximate surface area is 118 Å². The summed E-state index contributed by atoms with van der Waals surface area (Å²) in [5, 5.41) is 3.70. The molecule has 2 aliphatic rings. The fourth-order valence-electron chi connectivity index (χ4n) is 2.99. The minimum atomic E-state index is 0.282. The lowest BCUT2D eigenvalue weighted by Crippen LogP contribution is -2.25. The molecule has 0 radical (unpaired) electrons. The maximum Gasteiger partial charge on any atom is 0.231 e. The fraction of sp³-hybridized carbons (Fsp3) is 0.769. The van der Waals surface area contributed by atoms with Gasteiger partial charge in [0.05, 0.1) is 0 Å². The topological polar surface area (TPSA) is 53.9 Å². The molecule has 6 heteroatoms. The first kappa shape index (κ1) is 12.9. The van der Waals surface area contributed by atoms with E-state index in [9.17, 15) is 0 Å². The summed E-state index contributed by atoms with van der Waals surface area (Å²) in [5.41, 5.74) is 0. The Morgan fingerprint density at radius 1 is 1.11 bits per heavy atom. The van der Waals surface area contributed by atoms with Crippen molar-refractivity contribution in [3.63, 3.8) is 0 Å². The van der Waals surface area contributed by atoms with Gasteiger partial charge in [-0.3, -0.25) is 0 Å². The van der Waals surface area contributed by atoms with Crippen LogP contribution in [0.15, 0.2) is 0 Å². The van der Waals surface area contributed by atoms with Crippen LogP contribution in [0.5, 0.6) is 0 Å². The molecule has 2 fully saturated rings. The summed E-state index contributed by atoms with van der Waals surface area (Å²) in [6, 6.07) is 0.463. The standard InChI is InChI=1S/C13H20ClN5/c1-9-5-4-6-10(9)15-12-16-11(14)17-13(18-12)19-7-2-3-8-19/h9-10H,2-8H2,1H3,(H,15,16,17,18). The summed E-state index contributed by atoms with van der Waals surface area (Å²) in [5.74, 6) is 2.01. The number of hydrogen-bond acceptors (Lipinski definition) is 5. The van der Waals surface area contributed by atoms with Crippen LogP contribution in [0.4, 0.5) is 11.9 Å². The van der Waals surface area contributed by atoms with E-state index in [1.165, 1.54) is 32.1 Å². The lowest BCUT2D eigenvalue weighted by molar-refractivity contribution is 0.552. The Morgan fingerprint density at radius 2 is 1.89 bits per heavy atom. The van der Waals surface area contributed by atoms with Gasteiger partial charge in [0.2, 0.25) is 17.2 Å². The molecule has 1 aromatic heterocycles. The van der Waals surface area contributed by atoms with Gasteiger partial charge in [-0.25, -0.2) is 0 Å². The molecular formula is C13H20ClN5. The monoisotopic (exact) mass is 281 g/mol. The first-order valence-corrected chi connectivity index (χ1v) is 7.53. The van der Waals surface area contributed by atoms with Crippen molar-refractivity contribution in [2.75, 3.05) is 23.3 Å². The van der Waals surface area contributed by atoms with Crippen LogP contribution in [0.25, 0.3) is 0 Å². The van der Waals surface area contributed by atoms with E-state index in [-0.39, 0.29) is 5.28 Å². The van der Waals surface area contributed by atoms with Crippen molar-refractivity contribution in [2.24, 2.45) is 5.92 Å². The Kier molecular flexibility index (Phi) is 3.73. The van der Waals surface area contributed by atoms with Gasteiger partial charge in [-0.2, -0.15) is 15.0 Å². The predicted octanol–water partition coefficient (Wildman–Crippen LogP) is 2.73. The maximum absolute atomic E-state index is 6.02. The van der Waals surface area contributed by atoms with Crippen LogP contribution >= 0.6 is 11.6 Å². The minimum absolute atomic E-state index is 0.282. The first-order chi connectivity index (χ1) is 9.22. The van der Waals surface area contributed by atoms with Crippen LogP contribution in [-0.4, -0.2) is 34.1 Å². The number of aromatic nitrogens is 3. The summed E-state index contributed by atoms with van der Waals surface area (Å²) < 4.78 is 0. The molecule has 0 spiro atoms. The molecule has 5 nitrogen and oxygen atoms in total. The molecule has 1 aromatic rings. The van der Waals surface area contributed by atoms with E-state index in [2.05, 4.69) is 32.1 Å². The number of anilines is 2. The second-order valence-electron chi connectivity index (χ2n) is 5.58. The van der Waals surface area contributed by atoms with Gasteiger partial charge in [0.25, 0.3) is 0 Å². The molecule has 1 saturated carbocycles. The van der Waals surface area contributed by atoms with Crippen molar-refractivity contribution in [1.82, 2.24) is 15.0 Å². The van der Waals surface area contributed by atoms with Gasteiger partial charge < -0.3 is 10.2 Å². The van der Waals surface area contributed by atoms with E-state index in [0.717, 1.165) is 13.1 Å². The molecule has 1 aliphatic carbocycles. The highest BCUT2D eigenvalue weighted by Crippen LogP contribution is 2.28. The molecule has 3 rings (SSSR count). The second kappa shape index (κ2) is 5.49. The highest BCUT2D eigenvalue weighted by Gasteiger charge is 2.24. The van der Waals surface area contributed by atoms with E-state index < -0.39 is 0 Å². The number of halogens is 1. The third kappa shape index (κ3) is 2.91. The molecule has 0 bridgehead atoms. The van der Waals surface area contributed by atoms with Gasteiger partial charge in [0, 0.05) is 19.1 Å². The Morgan fingerprint density at radius 3 is 2.58 bits per heavy atom. The quantitative estimate of drug-likeness (QED) is 0.923. The van der Waals surface area contributed by atoms with Crippen molar-refractivity contribution in [3.05, 3.63) is 5.28 Å². The number of nitrogens with one attached hydrogen (secondary N) is 1. The Balaban J connectivity index is 1.77. The molecule has 1 aliphatic heterocycles. The normalized spacial score (nSPS) is 26.9. The molecule has 1 N–H and O–H groups in total. The number of rotatable bonds is 3. The third-order valence-corrected chi connectivity index (χ3v) is 4.33. The van der Waals surface area contributed by atoms with Crippen LogP contribution in [0.3, 0.4) is 0 Å². The van der Waals surface area contributed by atoms with E-state index in [1.807, 2.05) is 0 Å². The fourth-order valence-corrected chi connectivity index (χ4v) is 3.14. The Bertz CT molecular complexity index is 447. The molecular weight excluding hydrogens is 262 g/mol. The lowest BCUT2D eigenvalue weighted by Gasteiger charge is -2.19. The van der Waals surface area contributed by atoms with Gasteiger partial charge in [0.1, 0.15) is 0 Å². The summed E-state index contributed by atoms with van der Waals surface area (Å²) in [4.78, 5) is 15.1. The van der Waals surface area contributed by atoms with E-state index in [0.29, 0.717) is 23.9 Å². The first-order valence-electron chi connectivity index (χ1n) is 7.15. The van der Waals surface area contributed by atoms with Gasteiger partial charge in [0.15, 0.2) is 0 Å². The van der Waals surface area contributed by atoms with E-state index >= 15 is 0 Å². The third-order valence-electron chi connectivity index (χ3n) is 4.16. The van der Waals surface area contributed by atoms with Gasteiger partial charge >= 0.3 is 0 Å². The summed E-state index contributed by atoms with van der Waals surface area (Å²) in [6.45, 7) is 4.30. The summed E-state index contributed by atoms with van der Waals surface area (Å²) >= 11 is 6.02. The largest absolute Gasteiger partial charge is 0.351 e. The summed E-state index contributed by atoms with van der Waals surface area (Å²) in [7, 11) is 0. The molecule has 2 atom stereocenters. The van der Waals surface area contributed by atoms with Crippen LogP contribution in [-0.2, 0) is 0 Å². The molecule has 104 valence electrons. The predicted molar refractivity (Wildman–Crippen MR) is 76.7 cm³/mol. The average molecular weight is 282 g/mol. The average Bonchev–Trinajstić information content (AvgIpc) is 3.01. The van der Waals surface area contributed by atoms with Crippen molar-refractivity contribution in [3.8, 4) is 0 Å². The molecule has 2 unspecified atom stereocenters. The van der Waals surface area contributed by atoms with Crippen molar-refractivity contribution < 1.29 is 0 Å². The van der Waals surface area contributed by atoms with Crippen LogP contribution in [0.1, 0.15) is 39.0 Å². The summed E-state index contributed by atoms with van der Waals surface area (Å²) in [6.07, 6.45) is 6.13. The molecule has 2 heterocycles. The molecule has 0 amide bonds. The van der Waals surface area contributed by atoms with Crippen molar-refractivity contribution >= 4 is 23.5 Å². The van der Waals surface area contributed by atoms with E-state index in [4.69, 9.17) is 11.6 Å². The Hall–Kier alpha value is -1.10. The van der Waals surface area contributed by atoms with Gasteiger partial charge in [-0.1, -0.05) is 13.3 Å².